The number of sulfone groups is 1. The van der Waals surface area contributed by atoms with E-state index in [1.54, 1.807) is 0 Å². The van der Waals surface area contributed by atoms with Crippen LogP contribution in [0.3, 0.4) is 0 Å². The maximum atomic E-state index is 12.0. The number of nitrogens with one attached hydrogen (secondary N) is 1. The van der Waals surface area contributed by atoms with Crippen molar-refractivity contribution in [2.45, 2.75) is 24.4 Å². The smallest absolute Gasteiger partial charge is 0.230 e. The van der Waals surface area contributed by atoms with Crippen molar-refractivity contribution < 1.29 is 13.2 Å². The van der Waals surface area contributed by atoms with Crippen LogP contribution in [0.2, 0.25) is 0 Å². The van der Waals surface area contributed by atoms with Crippen LogP contribution in [0.5, 0.6) is 0 Å². The number of carbonyl (C=O) groups excluding carboxylic acids is 1. The molecule has 0 radical (unpaired) electrons. The average molecular weight is 351 g/mol. The van der Waals surface area contributed by atoms with Crippen LogP contribution in [-0.4, -0.2) is 47.6 Å². The van der Waals surface area contributed by atoms with E-state index in [4.69, 9.17) is 0 Å². The van der Waals surface area contributed by atoms with Gasteiger partial charge in [0.1, 0.15) is 5.03 Å². The van der Waals surface area contributed by atoms with E-state index in [0.717, 1.165) is 21.8 Å². The number of thioether (sulfide) groups is 1. The molecular weight excluding hydrogens is 334 g/mol. The normalized spacial score (nSPS) is 19.8. The average Bonchev–Trinajstić information content (AvgIpc) is 2.84. The zero-order valence-corrected chi connectivity index (χ0v) is 14.3. The van der Waals surface area contributed by atoms with E-state index in [1.165, 1.54) is 11.8 Å². The molecule has 2 aromatic rings. The van der Waals surface area contributed by atoms with E-state index in [9.17, 15) is 13.2 Å². The van der Waals surface area contributed by atoms with Gasteiger partial charge in [-0.3, -0.25) is 4.79 Å². The van der Waals surface area contributed by atoms with Crippen LogP contribution in [0.15, 0.2) is 29.3 Å². The Balaban J connectivity index is 1.62. The lowest BCUT2D eigenvalue weighted by Gasteiger charge is -2.11. The van der Waals surface area contributed by atoms with Crippen LogP contribution < -0.4 is 5.32 Å². The molecule has 1 amide bonds. The fourth-order valence-corrected chi connectivity index (χ4v) is 4.96. The Hall–Kier alpha value is -1.67. The first-order chi connectivity index (χ1) is 10.9. The number of hydrogen-bond acceptors (Lipinski definition) is 6. The molecule has 0 spiro atoms. The van der Waals surface area contributed by atoms with Gasteiger partial charge in [0.2, 0.25) is 5.91 Å². The van der Waals surface area contributed by atoms with Gasteiger partial charge in [0.05, 0.1) is 34.0 Å². The Morgan fingerprint density at radius 3 is 2.65 bits per heavy atom. The van der Waals surface area contributed by atoms with Gasteiger partial charge in [0.25, 0.3) is 0 Å². The fraction of sp³-hybridized carbons (Fsp3) is 0.400. The lowest BCUT2D eigenvalue weighted by molar-refractivity contribution is -0.119. The second-order valence-electron chi connectivity index (χ2n) is 5.56. The van der Waals surface area contributed by atoms with Crippen molar-refractivity contribution in [1.82, 2.24) is 15.3 Å². The summed E-state index contributed by atoms with van der Waals surface area (Å²) in [5.74, 6) is 0.217. The summed E-state index contributed by atoms with van der Waals surface area (Å²) in [7, 11) is -2.98. The summed E-state index contributed by atoms with van der Waals surface area (Å²) in [6, 6.07) is 7.32. The molecule has 6 nitrogen and oxygen atoms in total. The molecule has 2 heterocycles. The quantitative estimate of drug-likeness (QED) is 0.836. The highest BCUT2D eigenvalue weighted by Gasteiger charge is 2.28. The van der Waals surface area contributed by atoms with Crippen molar-refractivity contribution in [2.24, 2.45) is 0 Å². The lowest BCUT2D eigenvalue weighted by atomic mass is 10.3. The Morgan fingerprint density at radius 2 is 2.00 bits per heavy atom. The van der Waals surface area contributed by atoms with Gasteiger partial charge < -0.3 is 5.32 Å². The first-order valence-corrected chi connectivity index (χ1v) is 10.1. The van der Waals surface area contributed by atoms with E-state index in [-0.39, 0.29) is 29.2 Å². The van der Waals surface area contributed by atoms with Crippen LogP contribution >= 0.6 is 11.8 Å². The highest BCUT2D eigenvalue weighted by molar-refractivity contribution is 8.00. The maximum absolute atomic E-state index is 12.0. The predicted molar refractivity (Wildman–Crippen MR) is 90.2 cm³/mol. The maximum Gasteiger partial charge on any atom is 0.230 e. The fourth-order valence-electron chi connectivity index (χ4n) is 2.52. The van der Waals surface area contributed by atoms with Crippen LogP contribution in [0.4, 0.5) is 0 Å². The molecule has 122 valence electrons. The molecule has 8 heteroatoms. The SMILES string of the molecule is Cc1nc2ccccc2nc1SCC(=O)N[C@@H]1CCS(=O)(=O)C1. The second kappa shape index (κ2) is 6.45. The molecule has 0 saturated carbocycles. The number of hydrogen-bond donors (Lipinski definition) is 1. The molecule has 0 unspecified atom stereocenters. The number of nitrogens with zero attached hydrogens (tertiary/aromatic N) is 2. The molecule has 1 aromatic carbocycles. The highest BCUT2D eigenvalue weighted by Crippen LogP contribution is 2.22. The third kappa shape index (κ3) is 4.00. The van der Waals surface area contributed by atoms with Gasteiger partial charge in [0.15, 0.2) is 9.84 Å². The van der Waals surface area contributed by atoms with Gasteiger partial charge in [-0.1, -0.05) is 23.9 Å². The largest absolute Gasteiger partial charge is 0.352 e. The van der Waals surface area contributed by atoms with Crippen molar-refractivity contribution in [2.75, 3.05) is 17.3 Å². The summed E-state index contributed by atoms with van der Waals surface area (Å²) in [6.45, 7) is 1.86. The van der Waals surface area contributed by atoms with Gasteiger partial charge in [-0.05, 0) is 25.5 Å². The summed E-state index contributed by atoms with van der Waals surface area (Å²) in [5, 5.41) is 3.49. The molecule has 1 aromatic heterocycles. The zero-order chi connectivity index (χ0) is 16.4. The molecule has 1 atom stereocenters. The van der Waals surface area contributed by atoms with Crippen LogP contribution in [0, 0.1) is 6.92 Å². The molecule has 23 heavy (non-hydrogen) atoms. The minimum atomic E-state index is -2.98. The number of aryl methyl sites for hydroxylation is 1. The van der Waals surface area contributed by atoms with E-state index < -0.39 is 9.84 Å². The minimum absolute atomic E-state index is 0.0399. The molecule has 3 rings (SSSR count). The minimum Gasteiger partial charge on any atom is -0.352 e. The number of rotatable bonds is 4. The molecular formula is C15H17N3O3S2. The van der Waals surface area contributed by atoms with E-state index >= 15 is 0 Å². The summed E-state index contributed by atoms with van der Waals surface area (Å²) in [5.41, 5.74) is 2.41. The zero-order valence-electron chi connectivity index (χ0n) is 12.7. The number of para-hydroxylation sites is 2. The first-order valence-electron chi connectivity index (χ1n) is 7.29. The van der Waals surface area contributed by atoms with Crippen LogP contribution in [-0.2, 0) is 14.6 Å². The van der Waals surface area contributed by atoms with Crippen molar-refractivity contribution in [3.63, 3.8) is 0 Å². The summed E-state index contributed by atoms with van der Waals surface area (Å²) >= 11 is 1.32. The van der Waals surface area contributed by atoms with Gasteiger partial charge in [-0.2, -0.15) is 0 Å². The van der Waals surface area contributed by atoms with E-state index in [1.807, 2.05) is 31.2 Å². The van der Waals surface area contributed by atoms with Gasteiger partial charge >= 0.3 is 0 Å². The van der Waals surface area contributed by atoms with Crippen LogP contribution in [0.25, 0.3) is 11.0 Å². The van der Waals surface area contributed by atoms with Gasteiger partial charge in [-0.25, -0.2) is 18.4 Å². The van der Waals surface area contributed by atoms with Gasteiger partial charge in [0, 0.05) is 6.04 Å². The highest BCUT2D eigenvalue weighted by atomic mass is 32.2. The van der Waals surface area contributed by atoms with Crippen LogP contribution in [0.1, 0.15) is 12.1 Å². The summed E-state index contributed by atoms with van der Waals surface area (Å²) < 4.78 is 22.8. The molecule has 0 bridgehead atoms. The third-order valence-corrected chi connectivity index (χ3v) is 6.47. The third-order valence-electron chi connectivity index (χ3n) is 3.64. The molecule has 1 aliphatic heterocycles. The number of aromatic nitrogens is 2. The Bertz CT molecular complexity index is 852. The topological polar surface area (TPSA) is 89.0 Å². The number of carbonyl (C=O) groups is 1. The molecule has 1 fully saturated rings. The Morgan fingerprint density at radius 1 is 1.30 bits per heavy atom. The summed E-state index contributed by atoms with van der Waals surface area (Å²) in [6.07, 6.45) is 0.494. The molecule has 1 saturated heterocycles. The lowest BCUT2D eigenvalue weighted by Crippen LogP contribution is -2.36. The number of fused-ring (bicyclic) bond motifs is 1. The van der Waals surface area contributed by atoms with Crippen molar-refractivity contribution in [3.8, 4) is 0 Å². The standard InChI is InChI=1S/C15H17N3O3S2/c1-10-15(18-13-5-3-2-4-12(13)16-10)22-8-14(19)17-11-6-7-23(20,21)9-11/h2-5,11H,6-9H2,1H3,(H,17,19)/t11-/m1/s1. The summed E-state index contributed by atoms with van der Waals surface area (Å²) in [4.78, 5) is 21.0. The van der Waals surface area contributed by atoms with Crippen molar-refractivity contribution in [1.29, 1.82) is 0 Å². The number of benzene rings is 1. The predicted octanol–water partition coefficient (Wildman–Crippen LogP) is 1.33. The monoisotopic (exact) mass is 351 g/mol. The second-order valence-corrected chi connectivity index (χ2v) is 8.75. The van der Waals surface area contributed by atoms with Gasteiger partial charge in [-0.15, -0.1) is 0 Å². The van der Waals surface area contributed by atoms with E-state index in [2.05, 4.69) is 15.3 Å². The molecule has 0 aliphatic carbocycles. The molecule has 1 aliphatic rings. The molecule has 1 N–H and O–H groups in total. The van der Waals surface area contributed by atoms with Crippen molar-refractivity contribution >= 4 is 38.5 Å². The van der Waals surface area contributed by atoms with E-state index in [0.29, 0.717) is 6.42 Å². The Kier molecular flexibility index (Phi) is 4.54. The van der Waals surface area contributed by atoms with Crippen molar-refractivity contribution in [3.05, 3.63) is 30.0 Å². The first kappa shape index (κ1) is 16.2. The Labute approximate surface area is 139 Å². The number of amides is 1.